The lowest BCUT2D eigenvalue weighted by Gasteiger charge is -2.21. The summed E-state index contributed by atoms with van der Waals surface area (Å²) in [4.78, 5) is 30.3. The van der Waals surface area contributed by atoms with Gasteiger partial charge in [0.25, 0.3) is 0 Å². The summed E-state index contributed by atoms with van der Waals surface area (Å²) < 4.78 is 6.83. The molecule has 2 aromatic heterocycles. The topological polar surface area (TPSA) is 113 Å². The number of hydrogen-bond donors (Lipinski definition) is 1. The number of aryl methyl sites for hydroxylation is 1. The van der Waals surface area contributed by atoms with Gasteiger partial charge < -0.3 is 10.1 Å². The van der Waals surface area contributed by atoms with Gasteiger partial charge in [0.05, 0.1) is 23.9 Å². The molecule has 0 spiro atoms. The van der Waals surface area contributed by atoms with Gasteiger partial charge in [-0.1, -0.05) is 6.07 Å². The number of hydrogen-bond acceptors (Lipinski definition) is 7. The fourth-order valence-electron chi connectivity index (χ4n) is 4.05. The predicted octanol–water partition coefficient (Wildman–Crippen LogP) is 2.22. The molecule has 3 aromatic rings. The first kappa shape index (κ1) is 23.1. The van der Waals surface area contributed by atoms with E-state index in [1.54, 1.807) is 24.1 Å². The zero-order valence-corrected chi connectivity index (χ0v) is 19.5. The lowest BCUT2D eigenvalue weighted by molar-refractivity contribution is -0.121. The van der Waals surface area contributed by atoms with E-state index in [-0.39, 0.29) is 18.4 Å². The van der Waals surface area contributed by atoms with Gasteiger partial charge in [0, 0.05) is 43.7 Å². The minimum Gasteiger partial charge on any atom is -0.457 e. The van der Waals surface area contributed by atoms with Crippen molar-refractivity contribution in [1.82, 2.24) is 25.0 Å². The monoisotopic (exact) mass is 458 g/mol. The van der Waals surface area contributed by atoms with Gasteiger partial charge in [-0.2, -0.15) is 10.4 Å². The van der Waals surface area contributed by atoms with Crippen molar-refractivity contribution in [2.45, 2.75) is 33.4 Å². The summed E-state index contributed by atoms with van der Waals surface area (Å²) in [6, 6.07) is 7.73. The molecule has 0 atom stereocenters. The van der Waals surface area contributed by atoms with Crippen LogP contribution in [0.15, 0.2) is 36.8 Å². The Balaban J connectivity index is 1.48. The first-order valence-electron chi connectivity index (χ1n) is 11.0. The first-order valence-corrected chi connectivity index (χ1v) is 11.0. The lowest BCUT2D eigenvalue weighted by atomic mass is 9.96. The van der Waals surface area contributed by atoms with Crippen LogP contribution in [-0.2, 0) is 29.1 Å². The molecule has 9 nitrogen and oxygen atoms in total. The molecule has 1 N–H and O–H groups in total. The Morgan fingerprint density at radius 2 is 2.15 bits per heavy atom. The number of rotatable bonds is 8. The summed E-state index contributed by atoms with van der Waals surface area (Å²) in [5, 5.41) is 16.2. The number of nitrogens with zero attached hydrogens (tertiary/aromatic N) is 5. The average Bonchev–Trinajstić information content (AvgIpc) is 3.45. The number of likely N-dealkylation sites (N-methyl/N-ethyl adjacent to an activating group) is 1. The van der Waals surface area contributed by atoms with Gasteiger partial charge in [-0.3, -0.25) is 9.69 Å². The molecule has 0 saturated carbocycles. The third kappa shape index (κ3) is 4.82. The molecule has 0 aliphatic carbocycles. The fraction of sp³-hybridized carbons (Fsp3) is 0.320. The van der Waals surface area contributed by atoms with E-state index >= 15 is 0 Å². The van der Waals surface area contributed by atoms with Gasteiger partial charge in [-0.15, -0.1) is 0 Å². The summed E-state index contributed by atoms with van der Waals surface area (Å²) >= 11 is 0. The number of benzene rings is 1. The van der Waals surface area contributed by atoms with Crippen LogP contribution in [-0.4, -0.2) is 51.7 Å². The largest absolute Gasteiger partial charge is 0.457 e. The average molecular weight is 459 g/mol. The minimum absolute atomic E-state index is 0.0681. The maximum Gasteiger partial charge on any atom is 0.338 e. The molecular formula is C25H26N6O3. The second-order valence-corrected chi connectivity index (χ2v) is 8.35. The molecule has 174 valence electrons. The van der Waals surface area contributed by atoms with Crippen molar-refractivity contribution in [2.75, 3.05) is 20.1 Å². The number of nitriles is 1. The van der Waals surface area contributed by atoms with E-state index in [0.29, 0.717) is 36.6 Å². The van der Waals surface area contributed by atoms with Crippen LogP contribution in [0.25, 0.3) is 5.82 Å². The van der Waals surface area contributed by atoms with E-state index in [2.05, 4.69) is 26.4 Å². The zero-order chi connectivity index (χ0) is 24.2. The molecule has 34 heavy (non-hydrogen) atoms. The van der Waals surface area contributed by atoms with Crippen molar-refractivity contribution in [3.05, 3.63) is 75.7 Å². The van der Waals surface area contributed by atoms with Crippen molar-refractivity contribution < 1.29 is 14.3 Å². The van der Waals surface area contributed by atoms with Crippen LogP contribution < -0.4 is 5.32 Å². The molecular weight excluding hydrogens is 432 g/mol. The molecule has 9 heteroatoms. The number of aromatic nitrogens is 3. The first-order chi connectivity index (χ1) is 16.4. The van der Waals surface area contributed by atoms with Crippen LogP contribution >= 0.6 is 0 Å². The highest BCUT2D eigenvalue weighted by molar-refractivity contribution is 5.93. The van der Waals surface area contributed by atoms with Crippen molar-refractivity contribution in [1.29, 1.82) is 5.26 Å². The Morgan fingerprint density at radius 1 is 1.32 bits per heavy atom. The zero-order valence-electron chi connectivity index (χ0n) is 19.5. The Hall–Kier alpha value is -4.03. The summed E-state index contributed by atoms with van der Waals surface area (Å²) in [5.41, 5.74) is 6.10. The van der Waals surface area contributed by atoms with Gasteiger partial charge in [0.15, 0.2) is 5.82 Å². The van der Waals surface area contributed by atoms with E-state index in [1.807, 2.05) is 38.2 Å². The van der Waals surface area contributed by atoms with Gasteiger partial charge in [0.2, 0.25) is 5.91 Å². The van der Waals surface area contributed by atoms with E-state index in [1.165, 1.54) is 0 Å². The molecule has 0 saturated heterocycles. The minimum atomic E-state index is -0.269. The highest BCUT2D eigenvalue weighted by atomic mass is 16.5. The maximum absolute atomic E-state index is 12.1. The molecule has 0 radical (unpaired) electrons. The van der Waals surface area contributed by atoms with Crippen LogP contribution in [0.3, 0.4) is 0 Å². The molecule has 1 aromatic carbocycles. The van der Waals surface area contributed by atoms with E-state index in [4.69, 9.17) is 10.00 Å². The molecule has 0 fully saturated rings. The molecule has 0 bridgehead atoms. The SMILES string of the molecule is CNC(=O)CN(CCc1ccc2c(c1C)COC2=O)Cc1cnn(-c2cc(C)c(C#N)cn2)c1. The molecule has 1 aliphatic heterocycles. The molecule has 1 amide bonds. The summed E-state index contributed by atoms with van der Waals surface area (Å²) in [6.45, 7) is 5.63. The van der Waals surface area contributed by atoms with Crippen molar-refractivity contribution >= 4 is 11.9 Å². The quantitative estimate of drug-likeness (QED) is 0.515. The smallest absolute Gasteiger partial charge is 0.338 e. The number of carbonyl (C=O) groups is 2. The lowest BCUT2D eigenvalue weighted by Crippen LogP contribution is -2.36. The second-order valence-electron chi connectivity index (χ2n) is 8.35. The van der Waals surface area contributed by atoms with E-state index in [0.717, 1.165) is 34.2 Å². The number of esters is 1. The number of cyclic esters (lactones) is 1. The van der Waals surface area contributed by atoms with Crippen LogP contribution in [0.4, 0.5) is 0 Å². The second kappa shape index (κ2) is 9.85. The van der Waals surface area contributed by atoms with Crippen LogP contribution in [0.2, 0.25) is 0 Å². The van der Waals surface area contributed by atoms with Gasteiger partial charge in [-0.25, -0.2) is 14.5 Å². The van der Waals surface area contributed by atoms with Gasteiger partial charge in [-0.05, 0) is 49.1 Å². The van der Waals surface area contributed by atoms with E-state index in [9.17, 15) is 9.59 Å². The molecule has 3 heterocycles. The number of ether oxygens (including phenoxy) is 1. The van der Waals surface area contributed by atoms with Crippen LogP contribution in [0.1, 0.15) is 43.7 Å². The standard InChI is InChI=1S/C25H26N6O3/c1-16-8-23(28-11-20(16)9-26)31-13-18(10-29-31)12-30(14-24(32)27-3)7-6-19-4-5-21-22(17(19)2)15-34-25(21)33/h4-5,8,10-11,13H,6-7,12,14-15H2,1-3H3,(H,27,32). The Morgan fingerprint density at radius 3 is 2.88 bits per heavy atom. The Kier molecular flexibility index (Phi) is 6.70. The van der Waals surface area contributed by atoms with Crippen molar-refractivity contribution in [3.63, 3.8) is 0 Å². The van der Waals surface area contributed by atoms with Crippen LogP contribution in [0.5, 0.6) is 0 Å². The third-order valence-corrected chi connectivity index (χ3v) is 6.12. The Bertz CT molecular complexity index is 1290. The van der Waals surface area contributed by atoms with Gasteiger partial charge in [0.1, 0.15) is 12.7 Å². The number of amides is 1. The Labute approximate surface area is 198 Å². The van der Waals surface area contributed by atoms with Crippen LogP contribution in [0, 0.1) is 25.2 Å². The normalized spacial score (nSPS) is 12.4. The number of carbonyl (C=O) groups excluding carboxylic acids is 2. The van der Waals surface area contributed by atoms with Crippen molar-refractivity contribution in [3.8, 4) is 11.9 Å². The molecule has 4 rings (SSSR count). The van der Waals surface area contributed by atoms with Crippen molar-refractivity contribution in [2.24, 2.45) is 0 Å². The highest BCUT2D eigenvalue weighted by Crippen LogP contribution is 2.26. The third-order valence-electron chi connectivity index (χ3n) is 6.12. The highest BCUT2D eigenvalue weighted by Gasteiger charge is 2.24. The molecule has 0 unspecified atom stereocenters. The predicted molar refractivity (Wildman–Crippen MR) is 124 cm³/mol. The summed E-state index contributed by atoms with van der Waals surface area (Å²) in [7, 11) is 1.62. The summed E-state index contributed by atoms with van der Waals surface area (Å²) in [5.74, 6) is 0.294. The number of pyridine rings is 1. The maximum atomic E-state index is 12.1. The molecule has 1 aliphatic rings. The number of nitrogens with one attached hydrogen (secondary N) is 1. The fourth-order valence-corrected chi connectivity index (χ4v) is 4.05. The number of fused-ring (bicyclic) bond motifs is 1. The van der Waals surface area contributed by atoms with E-state index < -0.39 is 0 Å². The summed E-state index contributed by atoms with van der Waals surface area (Å²) in [6.07, 6.45) is 5.92. The van der Waals surface area contributed by atoms with Gasteiger partial charge >= 0.3 is 5.97 Å².